The van der Waals surface area contributed by atoms with Crippen molar-refractivity contribution in [2.75, 3.05) is 36.9 Å². The van der Waals surface area contributed by atoms with Crippen LogP contribution in [-0.4, -0.2) is 182 Å². The predicted octanol–water partition coefficient (Wildman–Crippen LogP) is 19.5. The van der Waals surface area contributed by atoms with Gasteiger partial charge in [-0.25, -0.2) is 33.1 Å². The van der Waals surface area contributed by atoms with Gasteiger partial charge in [0.1, 0.15) is 50.6 Å². The molecule has 129 heavy (non-hydrogen) atoms. The van der Waals surface area contributed by atoms with Crippen LogP contribution in [0, 0.1) is 23.4 Å². The number of anilines is 3. The van der Waals surface area contributed by atoms with E-state index in [1.807, 2.05) is 12.5 Å². The summed E-state index contributed by atoms with van der Waals surface area (Å²) in [5, 5.41) is 7.34. The number of thiazole rings is 3. The molecule has 0 saturated carbocycles. The summed E-state index contributed by atoms with van der Waals surface area (Å²) in [5.74, 6) is -5.78. The number of nitrogens with zero attached hydrogens (tertiary/aromatic N) is 13. The average molecular weight is 2260 g/mol. The van der Waals surface area contributed by atoms with E-state index in [9.17, 15) is 52.8 Å². The normalized spacial score (nSPS) is 21.6. The minimum atomic E-state index is -4.70. The molecule has 0 bridgehead atoms. The molecular weight excluding hydrogens is 2120 g/mol. The molecule has 13 rings (SSSR count). The molecule has 3 saturated heterocycles. The summed E-state index contributed by atoms with van der Waals surface area (Å²) < 4.78 is 256. The number of aliphatic imine (C=N–C) groups is 1. The first-order chi connectivity index (χ1) is 65.9. The van der Waals surface area contributed by atoms with Crippen LogP contribution in [0.2, 0.25) is 41.7 Å². The van der Waals surface area contributed by atoms with Gasteiger partial charge in [-0.3, -0.25) is 19.4 Å². The molecule has 6 aromatic heterocycles. The molecule has 6 N–H and O–H groups in total. The molecular formula is C86H126BrCl3F3N19O9S6Sn2. The fourth-order valence-corrected chi connectivity index (χ4v) is 52.7. The number of benzene rings is 3. The molecule has 7 atom stereocenters. The quantitative estimate of drug-likeness (QED) is 0.0220. The predicted molar refractivity (Wildman–Crippen MR) is 531 cm³/mol. The molecule has 4 aliphatic heterocycles. The first kappa shape index (κ1) is 89.9. The number of imidazole rings is 3. The summed E-state index contributed by atoms with van der Waals surface area (Å²) in [5.41, 5.74) is 1.21. The molecule has 0 spiro atoms. The van der Waals surface area contributed by atoms with Gasteiger partial charge in [-0.05, 0) is 95.9 Å². The number of hydrogen-bond donors (Lipinski definition) is 6. The van der Waals surface area contributed by atoms with Crippen LogP contribution in [0.25, 0.3) is 16.3 Å². The molecule has 3 amide bonds. The number of allylic oxidation sites excluding steroid dienone is 1. The minimum absolute atomic E-state index is 0. The summed E-state index contributed by atoms with van der Waals surface area (Å²) in [6.07, 6.45) is 33.3. The van der Waals surface area contributed by atoms with E-state index in [2.05, 4.69) is 135 Å². The van der Waals surface area contributed by atoms with Crippen LogP contribution in [-0.2, 0) is 66.1 Å². The molecule has 0 radical (unpaired) electrons. The van der Waals surface area contributed by atoms with E-state index in [4.69, 9.17) is 60.3 Å². The number of aromatic nitrogens is 9. The topological polar surface area (TPSA) is 340 Å². The van der Waals surface area contributed by atoms with Crippen molar-refractivity contribution in [3.05, 3.63) is 173 Å². The maximum atomic E-state index is 13.5. The maximum absolute atomic E-state index is 13.5. The number of hydrogen-bond acceptors (Lipinski definition) is 19. The molecule has 9 aromatic rings. The molecule has 7 unspecified atom stereocenters. The van der Waals surface area contributed by atoms with Crippen LogP contribution in [0.1, 0.15) is 226 Å². The zero-order valence-electron chi connectivity index (χ0n) is 85.5. The number of likely N-dealkylation sites (N-methyl/N-ethyl adjacent to an activating group) is 3. The number of carbonyl (C=O) groups excluding carboxylic acids is 3. The van der Waals surface area contributed by atoms with Crippen molar-refractivity contribution in [3.63, 3.8) is 0 Å². The van der Waals surface area contributed by atoms with Gasteiger partial charge in [0.05, 0.1) is 70.6 Å². The third-order valence-corrected chi connectivity index (χ3v) is 60.0. The monoisotopic (exact) mass is 2260 g/mol. The zero-order chi connectivity index (χ0) is 105. The van der Waals surface area contributed by atoms with Gasteiger partial charge >= 0.3 is 252 Å². The number of unbranched alkanes of at least 4 members (excludes halogenated alkanes) is 6. The molecule has 10 heterocycles. The summed E-state index contributed by atoms with van der Waals surface area (Å²) in [6.45, 7) is -0.0795. The molecule has 3 fully saturated rings. The molecule has 712 valence electrons. The van der Waals surface area contributed by atoms with E-state index >= 15 is 0 Å². The molecule has 4 aliphatic rings. The van der Waals surface area contributed by atoms with E-state index < -0.39 is 179 Å². The van der Waals surface area contributed by atoms with Crippen molar-refractivity contribution in [3.8, 4) is 10.6 Å². The molecule has 28 nitrogen and oxygen atoms in total. The van der Waals surface area contributed by atoms with E-state index in [-0.39, 0.29) is 91.6 Å². The van der Waals surface area contributed by atoms with Gasteiger partial charge in [0, 0.05) is 92.2 Å². The van der Waals surface area contributed by atoms with E-state index in [1.165, 1.54) is 179 Å². The fraction of sp³-hybridized carbons (Fsp3) is 0.512. The van der Waals surface area contributed by atoms with Gasteiger partial charge in [-0.2, -0.15) is 52.3 Å². The number of nitrogens with one attached hydrogen (secondary N) is 6. The third kappa shape index (κ3) is 30.9. The van der Waals surface area contributed by atoms with E-state index in [1.54, 1.807) is 27.8 Å². The van der Waals surface area contributed by atoms with Crippen molar-refractivity contribution < 1.29 is 73.4 Å². The summed E-state index contributed by atoms with van der Waals surface area (Å²) in [7, 11) is -9.93. The first-order valence-electron chi connectivity index (χ1n) is 48.4. The SMILES string of the molecule is C.C.C.CCC[CH2][Sn]([CH2]CCC)([CH2]CCC)[c]1cn(C)cn1.[2H]C([2H])([2H])C1C=NC(c2cnc(C3CC(C(=O)Nc4ccc(F)c(Cl)c4)N(C([2H])([2H])[2H])S(=O)(=O)N3)s2)=C1.[2H]C([2H])([2H])N1C(C(=O)Nc2ccc(F)c(Cl)c2)CC(c2ncc(-c3cn(C)cn3)s2)NS1(=O)=O.[2H]C([2H])([2H])N1C(C(=O)Nc2ccc(F)c(Cl)c2)CC(c2ncc(Br)s2)NS1(=O)=O.[2H]C([2H])([2H])n1cn[c]([Sn]([CH2]CCC)([CH2]CCC)[CH2]CCC)c1. The van der Waals surface area contributed by atoms with Gasteiger partial charge < -0.3 is 20.5 Å². The number of halogens is 7. The van der Waals surface area contributed by atoms with Gasteiger partial charge in [0.25, 0.3) is 30.6 Å². The van der Waals surface area contributed by atoms with Crippen LogP contribution in [0.5, 0.6) is 0 Å². The average Bonchev–Trinajstić information content (AvgIpc) is 1.54. The van der Waals surface area contributed by atoms with Crippen molar-refractivity contribution in [1.82, 2.24) is 70.7 Å². The molecule has 0 aliphatic carbocycles. The van der Waals surface area contributed by atoms with Crippen molar-refractivity contribution in [1.29, 1.82) is 0 Å². The van der Waals surface area contributed by atoms with Gasteiger partial charge in [-0.1, -0.05) is 63.9 Å². The second kappa shape index (κ2) is 51.9. The van der Waals surface area contributed by atoms with Crippen molar-refractivity contribution in [2.24, 2.45) is 32.0 Å². The standard InChI is InChI=1S/C19H19ClFN5O3S2.C18H18ClFN6O3S2.C14H13BrClFN4O3S2.2C4H5N2.6C4H9.3CH4.2Sn/c1-10-5-14(22-8-10)17-9-23-19(30-17)15-7-16(26(2)31(28,29)25-15)18(27)24-11-3-4-13(21)12(20)6-11;1-25-8-14(22-9-25)16-7-21-18(30-16)13-6-15(26(2)31(28,29)24-13)17(27)23-10-3-4-12(20)11(19)5-10;1-21-11(13(22)19-7-2-3-9(17)8(16)4-7)5-10(20-26(21,23)24)14-18-6-12(15)25-14;2*1-6-3-2-5-4-6;6*1-3-4-2;;;;;/h3-6,8-10,15-16,25H,7H2,1-2H3,(H,24,27);3-5,7-9,13,15,24H,6H2,1-2H3,(H,23,27);2-4,6,10-11,20H,5H2,1H3,(H,19,22);2*3-4H,1H3;6*1,3-4H2,2H3;3*1H4;;/i1D3,2D3;2D3;2*1D3;;;;;;;;;;;;. The Balaban J connectivity index is 0.000000279. The number of aryl methyl sites for hydroxylation is 3. The fourth-order valence-electron chi connectivity index (χ4n) is 14.4. The van der Waals surface area contributed by atoms with E-state index in [0.29, 0.717) is 34.9 Å². The Morgan fingerprint density at radius 3 is 1.13 bits per heavy atom. The molecule has 3 aromatic carbocycles. The van der Waals surface area contributed by atoms with Gasteiger partial charge in [0.2, 0.25) is 17.7 Å². The number of amides is 3. The third-order valence-electron chi connectivity index (χ3n) is 21.1. The van der Waals surface area contributed by atoms with Gasteiger partial charge in [-0.15, -0.1) is 34.0 Å². The summed E-state index contributed by atoms with van der Waals surface area (Å²) in [4.78, 5) is 70.5. The Bertz CT molecular complexity index is 6150. The Morgan fingerprint density at radius 2 is 0.829 bits per heavy atom. The van der Waals surface area contributed by atoms with Crippen molar-refractivity contribution in [2.45, 2.75) is 230 Å². The first-order valence-corrected chi connectivity index (χ1v) is 64.6. The van der Waals surface area contributed by atoms with Crippen LogP contribution in [0.15, 0.2) is 126 Å². The molecule has 43 heteroatoms. The van der Waals surface area contributed by atoms with Crippen LogP contribution in [0.4, 0.5) is 30.2 Å². The number of rotatable bonds is 31. The Labute approximate surface area is 825 Å². The number of carbonyl (C=O) groups is 3. The summed E-state index contributed by atoms with van der Waals surface area (Å²) in [6, 6.07) is 2.30. The summed E-state index contributed by atoms with van der Waals surface area (Å²) >= 11 is 19.0. The van der Waals surface area contributed by atoms with Crippen LogP contribution < -0.4 is 37.5 Å². The van der Waals surface area contributed by atoms with Crippen LogP contribution in [0.3, 0.4) is 0 Å². The Morgan fingerprint density at radius 1 is 0.488 bits per heavy atom. The zero-order valence-corrected chi connectivity index (χ0v) is 85.0. The van der Waals surface area contributed by atoms with Crippen molar-refractivity contribution >= 4 is 206 Å². The Kier molecular flexibility index (Phi) is 36.1. The second-order valence-electron chi connectivity index (χ2n) is 30.7. The Hall–Kier alpha value is -5.65. The second-order valence-corrected chi connectivity index (χ2v) is 67.3. The van der Waals surface area contributed by atoms with E-state index in [0.717, 1.165) is 59.1 Å². The van der Waals surface area contributed by atoms with Gasteiger partial charge in [0.15, 0.2) is 0 Å². The van der Waals surface area contributed by atoms with Crippen LogP contribution >= 0.6 is 84.7 Å².